The molecular weight excluding hydrogens is 228 g/mol. The molecule has 1 aliphatic heterocycles. The minimum atomic E-state index is -0.350. The van der Waals surface area contributed by atoms with Crippen molar-refractivity contribution in [2.75, 3.05) is 26.2 Å². The summed E-state index contributed by atoms with van der Waals surface area (Å²) >= 11 is 0. The van der Waals surface area contributed by atoms with Crippen LogP contribution in [0.5, 0.6) is 0 Å². The van der Waals surface area contributed by atoms with Gasteiger partial charge in [-0.1, -0.05) is 26.7 Å². The number of nitrogens with one attached hydrogen (secondary N) is 1. The van der Waals surface area contributed by atoms with Crippen LogP contribution in [0.2, 0.25) is 0 Å². The number of carbonyl (C=O) groups excluding carboxylic acids is 1. The van der Waals surface area contributed by atoms with E-state index >= 15 is 0 Å². The van der Waals surface area contributed by atoms with Crippen LogP contribution in [0.25, 0.3) is 0 Å². The van der Waals surface area contributed by atoms with Gasteiger partial charge in [0.05, 0.1) is 12.1 Å². The zero-order valence-corrected chi connectivity index (χ0v) is 11.9. The van der Waals surface area contributed by atoms with Gasteiger partial charge in [0.25, 0.3) is 0 Å². The molecule has 1 amide bonds. The minimum Gasteiger partial charge on any atom is -0.395 e. The Kier molecular flexibility index (Phi) is 6.65. The lowest BCUT2D eigenvalue weighted by molar-refractivity contribution is -0.138. The first-order chi connectivity index (χ1) is 8.70. The van der Waals surface area contributed by atoms with Gasteiger partial charge in [0.2, 0.25) is 5.91 Å². The van der Waals surface area contributed by atoms with Crippen LogP contribution >= 0.6 is 0 Å². The number of amides is 1. The van der Waals surface area contributed by atoms with Crippen LogP contribution in [0, 0.1) is 0 Å². The molecule has 0 bridgehead atoms. The summed E-state index contributed by atoms with van der Waals surface area (Å²) in [6.07, 6.45) is 6.01. The number of nitrogens with zero attached hydrogens (tertiary/aromatic N) is 1. The number of carbonyl (C=O) groups is 1. The Morgan fingerprint density at radius 3 is 2.61 bits per heavy atom. The van der Waals surface area contributed by atoms with Crippen molar-refractivity contribution >= 4 is 5.91 Å². The first-order valence-corrected chi connectivity index (χ1v) is 7.35. The third-order valence-electron chi connectivity index (χ3n) is 3.77. The Bertz CT molecular complexity index is 250. The molecule has 106 valence electrons. The highest BCUT2D eigenvalue weighted by Crippen LogP contribution is 2.27. The molecule has 18 heavy (non-hydrogen) atoms. The van der Waals surface area contributed by atoms with Crippen molar-refractivity contribution in [3.8, 4) is 0 Å². The lowest BCUT2D eigenvalue weighted by Crippen LogP contribution is -2.55. The van der Waals surface area contributed by atoms with E-state index in [0.717, 1.165) is 51.6 Å². The Labute approximate surface area is 111 Å². The highest BCUT2D eigenvalue weighted by molar-refractivity contribution is 5.86. The lowest BCUT2D eigenvalue weighted by atomic mass is 9.90. The summed E-state index contributed by atoms with van der Waals surface area (Å²) in [6.45, 7) is 6.47. The van der Waals surface area contributed by atoms with Gasteiger partial charge in [0.15, 0.2) is 0 Å². The van der Waals surface area contributed by atoms with E-state index in [1.165, 1.54) is 0 Å². The van der Waals surface area contributed by atoms with E-state index in [0.29, 0.717) is 6.54 Å². The third kappa shape index (κ3) is 3.69. The zero-order valence-electron chi connectivity index (χ0n) is 11.9. The minimum absolute atomic E-state index is 0.0532. The van der Waals surface area contributed by atoms with Crippen molar-refractivity contribution in [3.63, 3.8) is 0 Å². The van der Waals surface area contributed by atoms with Gasteiger partial charge in [-0.3, -0.25) is 4.79 Å². The summed E-state index contributed by atoms with van der Waals surface area (Å²) in [5.41, 5.74) is -0.350. The number of aliphatic hydroxyl groups excluding tert-OH is 1. The predicted molar refractivity (Wildman–Crippen MR) is 73.4 cm³/mol. The van der Waals surface area contributed by atoms with Crippen LogP contribution in [-0.2, 0) is 4.79 Å². The molecule has 0 saturated carbocycles. The maximum atomic E-state index is 12.7. The molecule has 0 aromatic heterocycles. The Morgan fingerprint density at radius 2 is 2.11 bits per heavy atom. The molecular formula is C14H28N2O2. The van der Waals surface area contributed by atoms with Crippen LogP contribution in [0.15, 0.2) is 0 Å². The molecule has 0 spiro atoms. The molecule has 0 aromatic carbocycles. The van der Waals surface area contributed by atoms with Crippen molar-refractivity contribution in [1.29, 1.82) is 0 Å². The molecule has 0 radical (unpaired) electrons. The molecule has 2 N–H and O–H groups in total. The van der Waals surface area contributed by atoms with Gasteiger partial charge in [-0.25, -0.2) is 0 Å². The van der Waals surface area contributed by atoms with Crippen molar-refractivity contribution in [1.82, 2.24) is 10.2 Å². The van der Waals surface area contributed by atoms with Crippen LogP contribution in [0.1, 0.15) is 52.4 Å². The van der Waals surface area contributed by atoms with E-state index in [1.807, 2.05) is 4.90 Å². The Balaban J connectivity index is 2.71. The summed E-state index contributed by atoms with van der Waals surface area (Å²) < 4.78 is 0. The van der Waals surface area contributed by atoms with Crippen LogP contribution in [0.3, 0.4) is 0 Å². The van der Waals surface area contributed by atoms with E-state index in [-0.39, 0.29) is 18.1 Å². The van der Waals surface area contributed by atoms with Gasteiger partial charge in [-0.05, 0) is 32.2 Å². The topological polar surface area (TPSA) is 52.6 Å². The van der Waals surface area contributed by atoms with E-state index in [2.05, 4.69) is 19.2 Å². The van der Waals surface area contributed by atoms with Crippen molar-refractivity contribution < 1.29 is 9.90 Å². The largest absolute Gasteiger partial charge is 0.395 e. The van der Waals surface area contributed by atoms with Crippen molar-refractivity contribution in [2.45, 2.75) is 57.9 Å². The lowest BCUT2D eigenvalue weighted by Gasteiger charge is -2.34. The fraction of sp³-hybridized carbons (Fsp3) is 0.929. The second-order valence-electron chi connectivity index (χ2n) is 5.23. The van der Waals surface area contributed by atoms with Crippen molar-refractivity contribution in [2.24, 2.45) is 0 Å². The maximum absolute atomic E-state index is 12.7. The fourth-order valence-electron chi connectivity index (χ4n) is 2.82. The number of aliphatic hydroxyl groups is 1. The van der Waals surface area contributed by atoms with E-state index in [9.17, 15) is 4.79 Å². The van der Waals surface area contributed by atoms with E-state index < -0.39 is 0 Å². The molecule has 4 heteroatoms. The number of hydrogen-bond acceptors (Lipinski definition) is 3. The Morgan fingerprint density at radius 1 is 1.33 bits per heavy atom. The molecule has 1 aliphatic rings. The third-order valence-corrected chi connectivity index (χ3v) is 3.77. The number of rotatable bonds is 8. The molecule has 1 unspecified atom stereocenters. The first kappa shape index (κ1) is 15.4. The Hall–Kier alpha value is -0.610. The van der Waals surface area contributed by atoms with Gasteiger partial charge >= 0.3 is 0 Å². The zero-order chi connectivity index (χ0) is 13.4. The van der Waals surface area contributed by atoms with Crippen LogP contribution in [0.4, 0.5) is 0 Å². The van der Waals surface area contributed by atoms with Gasteiger partial charge in [-0.2, -0.15) is 0 Å². The number of unbranched alkanes of at least 4 members (excludes halogenated alkanes) is 1. The second-order valence-corrected chi connectivity index (χ2v) is 5.23. The highest BCUT2D eigenvalue weighted by Gasteiger charge is 2.42. The smallest absolute Gasteiger partial charge is 0.242 e. The quantitative estimate of drug-likeness (QED) is 0.692. The van der Waals surface area contributed by atoms with Gasteiger partial charge < -0.3 is 15.3 Å². The maximum Gasteiger partial charge on any atom is 0.242 e. The van der Waals surface area contributed by atoms with Crippen molar-refractivity contribution in [3.05, 3.63) is 0 Å². The summed E-state index contributed by atoms with van der Waals surface area (Å²) in [6, 6.07) is 0. The molecule has 4 nitrogen and oxygen atoms in total. The van der Waals surface area contributed by atoms with Crippen LogP contribution < -0.4 is 5.32 Å². The molecule has 0 aromatic rings. The molecule has 1 heterocycles. The monoisotopic (exact) mass is 256 g/mol. The molecule has 1 saturated heterocycles. The average Bonchev–Trinajstić information content (AvgIpc) is 2.84. The van der Waals surface area contributed by atoms with E-state index in [4.69, 9.17) is 5.11 Å². The van der Waals surface area contributed by atoms with Crippen LogP contribution in [-0.4, -0.2) is 47.7 Å². The molecule has 1 atom stereocenters. The summed E-state index contributed by atoms with van der Waals surface area (Å²) in [5, 5.41) is 12.5. The summed E-state index contributed by atoms with van der Waals surface area (Å²) in [4.78, 5) is 14.6. The predicted octanol–water partition coefficient (Wildman–Crippen LogP) is 1.53. The first-order valence-electron chi connectivity index (χ1n) is 7.35. The van der Waals surface area contributed by atoms with Gasteiger partial charge in [0.1, 0.15) is 0 Å². The summed E-state index contributed by atoms with van der Waals surface area (Å²) in [7, 11) is 0. The van der Waals surface area contributed by atoms with E-state index in [1.54, 1.807) is 0 Å². The van der Waals surface area contributed by atoms with Gasteiger partial charge in [-0.15, -0.1) is 0 Å². The second kappa shape index (κ2) is 7.74. The summed E-state index contributed by atoms with van der Waals surface area (Å²) in [5.74, 6) is 0.198. The molecule has 1 fully saturated rings. The highest BCUT2D eigenvalue weighted by atomic mass is 16.3. The normalized spacial score (nSPS) is 23.3. The standard InChI is InChI=1S/C14H28N2O2/c1-3-5-10-16(11-12-17)13(18)14(7-4-2)8-6-9-15-14/h15,17H,3-12H2,1-2H3. The average molecular weight is 256 g/mol. The van der Waals surface area contributed by atoms with Gasteiger partial charge in [0, 0.05) is 13.1 Å². The molecule has 1 rings (SSSR count). The fourth-order valence-corrected chi connectivity index (χ4v) is 2.82. The SMILES string of the molecule is CCCCN(CCO)C(=O)C1(CCC)CCCN1. The number of hydrogen-bond donors (Lipinski definition) is 2. The molecule has 0 aliphatic carbocycles.